The zero-order valence-electron chi connectivity index (χ0n) is 12.6. The monoisotopic (exact) mass is 285 g/mol. The Labute approximate surface area is 121 Å². The quantitative estimate of drug-likeness (QED) is 0.518. The lowest BCUT2D eigenvalue weighted by atomic mass is 10.0. The van der Waals surface area contributed by atoms with Gasteiger partial charge in [0, 0.05) is 19.1 Å². The lowest BCUT2D eigenvalue weighted by Gasteiger charge is -2.32. The zero-order chi connectivity index (χ0) is 15.0. The molecule has 0 aromatic heterocycles. The van der Waals surface area contributed by atoms with Crippen molar-refractivity contribution >= 4 is 11.9 Å². The Hall–Kier alpha value is -1.14. The highest BCUT2D eigenvalue weighted by Gasteiger charge is 2.27. The van der Waals surface area contributed by atoms with Gasteiger partial charge in [0.1, 0.15) is 0 Å². The van der Waals surface area contributed by atoms with Crippen molar-refractivity contribution in [1.82, 2.24) is 10.2 Å². The van der Waals surface area contributed by atoms with Crippen molar-refractivity contribution < 1.29 is 14.3 Å². The van der Waals surface area contributed by atoms with Gasteiger partial charge in [0.15, 0.2) is 6.04 Å². The Morgan fingerprint density at radius 2 is 2.00 bits per heavy atom. The summed E-state index contributed by atoms with van der Waals surface area (Å²) in [7, 11) is 0. The molecule has 1 heterocycles. The molecule has 1 unspecified atom stereocenters. The second kappa shape index (κ2) is 8.92. The molecule has 0 saturated carbocycles. The summed E-state index contributed by atoms with van der Waals surface area (Å²) < 4.78 is 4.74. The predicted octanol–water partition coefficient (Wildman–Crippen LogP) is 0.258. The van der Waals surface area contributed by atoms with Crippen LogP contribution in [0.4, 0.5) is 0 Å². The molecular weight excluding hydrogens is 258 g/mol. The summed E-state index contributed by atoms with van der Waals surface area (Å²) in [6, 6.07) is -1.10. The number of hydrogen-bond acceptors (Lipinski definition) is 5. The molecule has 0 bridgehead atoms. The minimum atomic E-state index is -1.21. The van der Waals surface area contributed by atoms with Crippen LogP contribution in [0.1, 0.15) is 39.5 Å². The maximum absolute atomic E-state index is 11.8. The maximum Gasteiger partial charge on any atom is 0.332 e. The minimum absolute atomic E-state index is 0.112. The highest BCUT2D eigenvalue weighted by molar-refractivity contribution is 6.01. The highest BCUT2D eigenvalue weighted by Crippen LogP contribution is 2.11. The van der Waals surface area contributed by atoms with Crippen molar-refractivity contribution in [2.75, 3.05) is 26.2 Å². The standard InChI is InChI=1S/C14H27N3O3/c1-3-5-8-17-9-6-11(7-10-17)16-13(18)12(15)14(19)20-4-2/h11-12H,3-10,15H2,1-2H3,(H,16,18). The van der Waals surface area contributed by atoms with Gasteiger partial charge < -0.3 is 20.7 Å². The van der Waals surface area contributed by atoms with E-state index in [1.165, 1.54) is 12.8 Å². The van der Waals surface area contributed by atoms with Crippen LogP contribution in [0.3, 0.4) is 0 Å². The van der Waals surface area contributed by atoms with E-state index in [4.69, 9.17) is 10.5 Å². The SMILES string of the molecule is CCCCN1CCC(NC(=O)C(N)C(=O)OCC)CC1. The molecule has 116 valence electrons. The number of nitrogens with one attached hydrogen (secondary N) is 1. The number of unbranched alkanes of at least 4 members (excludes halogenated alkanes) is 1. The van der Waals surface area contributed by atoms with E-state index in [0.717, 1.165) is 32.5 Å². The number of carbonyl (C=O) groups excluding carboxylic acids is 2. The van der Waals surface area contributed by atoms with Gasteiger partial charge in [0.05, 0.1) is 6.61 Å². The van der Waals surface area contributed by atoms with E-state index in [9.17, 15) is 9.59 Å². The summed E-state index contributed by atoms with van der Waals surface area (Å²) in [4.78, 5) is 25.6. The maximum atomic E-state index is 11.8. The molecular formula is C14H27N3O3. The average Bonchev–Trinajstić information content (AvgIpc) is 2.46. The molecule has 6 nitrogen and oxygen atoms in total. The fraction of sp³-hybridized carbons (Fsp3) is 0.857. The number of carbonyl (C=O) groups is 2. The molecule has 1 aliphatic heterocycles. The molecule has 1 rings (SSSR count). The normalized spacial score (nSPS) is 18.6. The third kappa shape index (κ3) is 5.46. The number of rotatable bonds is 7. The van der Waals surface area contributed by atoms with Crippen molar-refractivity contribution in [2.45, 2.75) is 51.6 Å². The van der Waals surface area contributed by atoms with Crippen LogP contribution in [0.25, 0.3) is 0 Å². The minimum Gasteiger partial charge on any atom is -0.464 e. The Kier molecular flexibility index (Phi) is 7.54. The summed E-state index contributed by atoms with van der Waals surface area (Å²) >= 11 is 0. The topological polar surface area (TPSA) is 84.7 Å². The molecule has 0 spiro atoms. The number of amides is 1. The molecule has 1 saturated heterocycles. The fourth-order valence-corrected chi connectivity index (χ4v) is 2.31. The van der Waals surface area contributed by atoms with Gasteiger partial charge in [-0.2, -0.15) is 0 Å². The summed E-state index contributed by atoms with van der Waals surface area (Å²) in [5, 5.41) is 2.84. The van der Waals surface area contributed by atoms with Crippen LogP contribution in [-0.4, -0.2) is 55.1 Å². The molecule has 6 heteroatoms. The molecule has 20 heavy (non-hydrogen) atoms. The number of nitrogens with zero attached hydrogens (tertiary/aromatic N) is 1. The summed E-state index contributed by atoms with van der Waals surface area (Å²) in [5.74, 6) is -1.10. The summed E-state index contributed by atoms with van der Waals surface area (Å²) in [6.45, 7) is 7.20. The van der Waals surface area contributed by atoms with Crippen LogP contribution in [0.5, 0.6) is 0 Å². The average molecular weight is 285 g/mol. The smallest absolute Gasteiger partial charge is 0.332 e. The first-order chi connectivity index (χ1) is 9.58. The first-order valence-corrected chi connectivity index (χ1v) is 7.53. The van der Waals surface area contributed by atoms with E-state index in [1.54, 1.807) is 6.92 Å². The van der Waals surface area contributed by atoms with Gasteiger partial charge >= 0.3 is 5.97 Å². The van der Waals surface area contributed by atoms with Crippen LogP contribution in [0.2, 0.25) is 0 Å². The van der Waals surface area contributed by atoms with Gasteiger partial charge in [0.25, 0.3) is 0 Å². The predicted molar refractivity (Wildman–Crippen MR) is 77.1 cm³/mol. The highest BCUT2D eigenvalue weighted by atomic mass is 16.5. The van der Waals surface area contributed by atoms with Gasteiger partial charge in [-0.05, 0) is 32.7 Å². The third-order valence-electron chi connectivity index (χ3n) is 3.58. The van der Waals surface area contributed by atoms with Crippen LogP contribution in [0, 0.1) is 0 Å². The van der Waals surface area contributed by atoms with Gasteiger partial charge in [0.2, 0.25) is 5.91 Å². The van der Waals surface area contributed by atoms with Crippen molar-refractivity contribution in [3.63, 3.8) is 0 Å². The Morgan fingerprint density at radius 3 is 2.55 bits per heavy atom. The Morgan fingerprint density at radius 1 is 1.35 bits per heavy atom. The largest absolute Gasteiger partial charge is 0.464 e. The second-order valence-corrected chi connectivity index (χ2v) is 5.21. The van der Waals surface area contributed by atoms with Gasteiger partial charge in [-0.3, -0.25) is 4.79 Å². The number of piperidine rings is 1. The van der Waals surface area contributed by atoms with Gasteiger partial charge in [-0.25, -0.2) is 4.79 Å². The Bertz CT molecular complexity index is 315. The molecule has 3 N–H and O–H groups in total. The van der Waals surface area contributed by atoms with E-state index < -0.39 is 17.9 Å². The molecule has 0 aliphatic carbocycles. The van der Waals surface area contributed by atoms with Gasteiger partial charge in [-0.15, -0.1) is 0 Å². The first kappa shape index (κ1) is 16.9. The fourth-order valence-electron chi connectivity index (χ4n) is 2.31. The molecule has 1 aliphatic rings. The molecule has 0 radical (unpaired) electrons. The zero-order valence-corrected chi connectivity index (χ0v) is 12.6. The lowest BCUT2D eigenvalue weighted by Crippen LogP contribution is -2.52. The number of likely N-dealkylation sites (tertiary alicyclic amines) is 1. The van der Waals surface area contributed by atoms with Gasteiger partial charge in [-0.1, -0.05) is 13.3 Å². The van der Waals surface area contributed by atoms with Crippen LogP contribution in [0.15, 0.2) is 0 Å². The molecule has 0 aromatic rings. The molecule has 1 amide bonds. The number of hydrogen-bond donors (Lipinski definition) is 2. The third-order valence-corrected chi connectivity index (χ3v) is 3.58. The van der Waals surface area contributed by atoms with E-state index in [-0.39, 0.29) is 12.6 Å². The van der Waals surface area contributed by atoms with Crippen LogP contribution < -0.4 is 11.1 Å². The molecule has 1 atom stereocenters. The Balaban J connectivity index is 2.29. The molecule has 1 fully saturated rings. The van der Waals surface area contributed by atoms with E-state index in [1.807, 2.05) is 0 Å². The molecule has 0 aromatic carbocycles. The summed E-state index contributed by atoms with van der Waals surface area (Å²) in [5.41, 5.74) is 5.56. The van der Waals surface area contributed by atoms with E-state index in [0.29, 0.717) is 0 Å². The lowest BCUT2D eigenvalue weighted by molar-refractivity contribution is -0.148. The first-order valence-electron chi connectivity index (χ1n) is 7.53. The van der Waals surface area contributed by atoms with E-state index >= 15 is 0 Å². The number of ether oxygens (including phenoxy) is 1. The van der Waals surface area contributed by atoms with Crippen molar-refractivity contribution in [1.29, 1.82) is 0 Å². The van der Waals surface area contributed by atoms with Crippen LogP contribution in [-0.2, 0) is 14.3 Å². The van der Waals surface area contributed by atoms with Crippen molar-refractivity contribution in [2.24, 2.45) is 5.73 Å². The van der Waals surface area contributed by atoms with Crippen LogP contribution >= 0.6 is 0 Å². The number of esters is 1. The number of nitrogens with two attached hydrogens (primary N) is 1. The summed E-state index contributed by atoms with van der Waals surface area (Å²) in [6.07, 6.45) is 4.23. The van der Waals surface area contributed by atoms with Crippen molar-refractivity contribution in [3.8, 4) is 0 Å². The van der Waals surface area contributed by atoms with Crippen molar-refractivity contribution in [3.05, 3.63) is 0 Å². The second-order valence-electron chi connectivity index (χ2n) is 5.21. The van der Waals surface area contributed by atoms with E-state index in [2.05, 4.69) is 17.1 Å².